The van der Waals surface area contributed by atoms with Crippen molar-refractivity contribution in [1.82, 2.24) is 5.32 Å². The highest BCUT2D eigenvalue weighted by Crippen LogP contribution is 2.52. The van der Waals surface area contributed by atoms with Crippen molar-refractivity contribution in [2.24, 2.45) is 0 Å². The van der Waals surface area contributed by atoms with Gasteiger partial charge in [0.15, 0.2) is 5.54 Å². The first kappa shape index (κ1) is 30.9. The van der Waals surface area contributed by atoms with Crippen LogP contribution in [0.2, 0.25) is 0 Å². The van der Waals surface area contributed by atoms with E-state index >= 15 is 0 Å². The van der Waals surface area contributed by atoms with Crippen LogP contribution in [0.25, 0.3) is 0 Å². The average molecular weight is 649 g/mol. The monoisotopic (exact) mass is 648 g/mol. The standard InChI is InChI=1S/C33H27F3N4O5S/c1-2-44-29-9-5-6-10-30(29)46(42,43)40-27-16-11-21(18-37)17-26(27)32(31(40)41,25-7-3-4-8-28(25)45-33(34,35)36)39-24-14-12-22(13-15-24)23-19-38-20-23/h3-17,23,38-39H,2,19-20H2,1H3. The Kier molecular flexibility index (Phi) is 7.87. The molecule has 1 amide bonds. The minimum absolute atomic E-state index is 0.0136. The maximum atomic E-state index is 14.9. The first-order valence-corrected chi connectivity index (χ1v) is 15.7. The fourth-order valence-corrected chi connectivity index (χ4v) is 7.35. The van der Waals surface area contributed by atoms with Crippen molar-refractivity contribution in [2.45, 2.75) is 29.6 Å². The topological polar surface area (TPSA) is 121 Å². The van der Waals surface area contributed by atoms with Gasteiger partial charge < -0.3 is 20.1 Å². The van der Waals surface area contributed by atoms with Crippen LogP contribution in [0.15, 0.2) is 95.9 Å². The summed E-state index contributed by atoms with van der Waals surface area (Å²) in [4.78, 5) is 14.6. The van der Waals surface area contributed by atoms with Crippen LogP contribution in [0, 0.1) is 11.3 Å². The summed E-state index contributed by atoms with van der Waals surface area (Å²) >= 11 is 0. The van der Waals surface area contributed by atoms with Crippen LogP contribution in [0.1, 0.15) is 35.1 Å². The van der Waals surface area contributed by atoms with E-state index in [0.717, 1.165) is 24.7 Å². The van der Waals surface area contributed by atoms with Gasteiger partial charge >= 0.3 is 6.36 Å². The highest BCUT2D eigenvalue weighted by Gasteiger charge is 2.58. The van der Waals surface area contributed by atoms with Gasteiger partial charge in [0.1, 0.15) is 16.4 Å². The van der Waals surface area contributed by atoms with Crippen molar-refractivity contribution >= 4 is 27.3 Å². The number of carbonyl (C=O) groups excluding carboxylic acids is 1. The van der Waals surface area contributed by atoms with Crippen molar-refractivity contribution in [2.75, 3.05) is 29.3 Å². The molecule has 2 heterocycles. The highest BCUT2D eigenvalue weighted by molar-refractivity contribution is 7.93. The summed E-state index contributed by atoms with van der Waals surface area (Å²) in [5.41, 5.74) is -1.43. The molecule has 13 heteroatoms. The van der Waals surface area contributed by atoms with Crippen molar-refractivity contribution in [1.29, 1.82) is 5.26 Å². The van der Waals surface area contributed by atoms with Crippen LogP contribution in [0.4, 0.5) is 24.5 Å². The van der Waals surface area contributed by atoms with Crippen molar-refractivity contribution < 1.29 is 35.9 Å². The predicted molar refractivity (Wildman–Crippen MR) is 163 cm³/mol. The summed E-state index contributed by atoms with van der Waals surface area (Å²) in [6, 6.07) is 23.7. The maximum Gasteiger partial charge on any atom is 0.573 e. The number of hydrogen-bond donors (Lipinski definition) is 2. The Morgan fingerprint density at radius 1 is 0.978 bits per heavy atom. The first-order chi connectivity index (χ1) is 22.0. The number of carbonyl (C=O) groups is 1. The molecule has 2 N–H and O–H groups in total. The number of halogens is 3. The lowest BCUT2D eigenvalue weighted by Crippen LogP contribution is -2.49. The molecule has 1 fully saturated rings. The van der Waals surface area contributed by atoms with Gasteiger partial charge in [0.25, 0.3) is 15.9 Å². The molecular formula is C33H27F3N4O5S. The lowest BCUT2D eigenvalue weighted by atomic mass is 9.82. The molecule has 4 aromatic carbocycles. The zero-order valence-corrected chi connectivity index (χ0v) is 25.2. The summed E-state index contributed by atoms with van der Waals surface area (Å²) in [6.07, 6.45) is -5.14. The predicted octanol–water partition coefficient (Wildman–Crippen LogP) is 5.63. The normalized spacial score (nSPS) is 18.0. The van der Waals surface area contributed by atoms with Gasteiger partial charge in [0.2, 0.25) is 0 Å². The smallest absolute Gasteiger partial charge is 0.492 e. The van der Waals surface area contributed by atoms with E-state index in [1.807, 2.05) is 18.2 Å². The molecular weight excluding hydrogens is 621 g/mol. The van der Waals surface area contributed by atoms with E-state index in [9.17, 15) is 31.6 Å². The fourth-order valence-electron chi connectivity index (χ4n) is 5.75. The number of sulfonamides is 1. The maximum absolute atomic E-state index is 14.9. The number of alkyl halides is 3. The first-order valence-electron chi connectivity index (χ1n) is 14.3. The summed E-state index contributed by atoms with van der Waals surface area (Å²) in [5.74, 6) is -1.59. The highest BCUT2D eigenvalue weighted by atomic mass is 32.2. The molecule has 236 valence electrons. The number of rotatable bonds is 9. The lowest BCUT2D eigenvalue weighted by molar-refractivity contribution is -0.275. The van der Waals surface area contributed by atoms with E-state index in [1.165, 1.54) is 54.6 Å². The summed E-state index contributed by atoms with van der Waals surface area (Å²) in [5, 5.41) is 16.1. The molecule has 9 nitrogen and oxygen atoms in total. The van der Waals surface area contributed by atoms with E-state index in [0.29, 0.717) is 9.99 Å². The number of nitrogens with one attached hydrogen (secondary N) is 2. The molecule has 2 aliphatic heterocycles. The molecule has 1 saturated heterocycles. The van der Waals surface area contributed by atoms with Crippen LogP contribution < -0.4 is 24.4 Å². The number of benzene rings is 4. The second kappa shape index (κ2) is 11.7. The molecule has 6 rings (SSSR count). The Hall–Kier alpha value is -5.06. The van der Waals surface area contributed by atoms with Crippen LogP contribution in [-0.4, -0.2) is 40.4 Å². The molecule has 1 atom stereocenters. The largest absolute Gasteiger partial charge is 0.573 e. The van der Waals surface area contributed by atoms with Gasteiger partial charge in [-0.1, -0.05) is 42.5 Å². The number of ether oxygens (including phenoxy) is 2. The second-order valence-electron chi connectivity index (χ2n) is 10.7. The van der Waals surface area contributed by atoms with Gasteiger partial charge in [-0.25, -0.2) is 8.42 Å². The molecule has 2 aliphatic rings. The molecule has 0 bridgehead atoms. The van der Waals surface area contributed by atoms with Gasteiger partial charge in [-0.05, 0) is 61.0 Å². The number of amides is 1. The van der Waals surface area contributed by atoms with Crippen molar-refractivity contribution in [3.63, 3.8) is 0 Å². The van der Waals surface area contributed by atoms with Gasteiger partial charge in [0, 0.05) is 35.8 Å². The number of para-hydroxylation sites is 2. The average Bonchev–Trinajstić information content (AvgIpc) is 3.24. The van der Waals surface area contributed by atoms with E-state index in [1.54, 1.807) is 25.1 Å². The SMILES string of the molecule is CCOc1ccccc1S(=O)(=O)N1C(=O)C(Nc2ccc(C3CNC3)cc2)(c2ccccc2OC(F)(F)F)c2cc(C#N)ccc21. The molecule has 0 aliphatic carbocycles. The van der Waals surface area contributed by atoms with Crippen LogP contribution in [0.3, 0.4) is 0 Å². The Balaban J connectivity index is 1.61. The molecule has 0 saturated carbocycles. The Morgan fingerprint density at radius 2 is 1.65 bits per heavy atom. The van der Waals surface area contributed by atoms with Crippen LogP contribution in [0.5, 0.6) is 11.5 Å². The second-order valence-corrected chi connectivity index (χ2v) is 12.4. The van der Waals surface area contributed by atoms with Gasteiger partial charge in [-0.2, -0.15) is 9.57 Å². The molecule has 0 spiro atoms. The quantitative estimate of drug-likeness (QED) is 0.240. The van der Waals surface area contributed by atoms with Gasteiger partial charge in [-0.15, -0.1) is 13.2 Å². The van der Waals surface area contributed by atoms with Crippen LogP contribution >= 0.6 is 0 Å². The third-order valence-electron chi connectivity index (χ3n) is 7.93. The van der Waals surface area contributed by atoms with Gasteiger partial charge in [-0.3, -0.25) is 4.79 Å². The number of fused-ring (bicyclic) bond motifs is 1. The number of hydrogen-bond acceptors (Lipinski definition) is 8. The van der Waals surface area contributed by atoms with E-state index in [-0.39, 0.29) is 45.5 Å². The summed E-state index contributed by atoms with van der Waals surface area (Å²) in [7, 11) is -4.74. The minimum atomic E-state index is -5.14. The lowest BCUT2D eigenvalue weighted by Gasteiger charge is -2.33. The van der Waals surface area contributed by atoms with E-state index in [4.69, 9.17) is 4.74 Å². The molecule has 0 radical (unpaired) electrons. The van der Waals surface area contributed by atoms with Crippen molar-refractivity contribution in [3.05, 3.63) is 113 Å². The Labute approximate surface area is 263 Å². The number of nitrogens with zero attached hydrogens (tertiary/aromatic N) is 2. The molecule has 1 unspecified atom stereocenters. The van der Waals surface area contributed by atoms with Crippen molar-refractivity contribution in [3.8, 4) is 17.6 Å². The fraction of sp³-hybridized carbons (Fsp3) is 0.212. The zero-order valence-electron chi connectivity index (χ0n) is 24.3. The zero-order chi connectivity index (χ0) is 32.7. The summed E-state index contributed by atoms with van der Waals surface area (Å²) in [6.45, 7) is 3.38. The number of nitriles is 1. The Morgan fingerprint density at radius 3 is 2.28 bits per heavy atom. The minimum Gasteiger partial charge on any atom is -0.492 e. The summed E-state index contributed by atoms with van der Waals surface area (Å²) < 4.78 is 80.6. The molecule has 46 heavy (non-hydrogen) atoms. The third-order valence-corrected chi connectivity index (χ3v) is 9.67. The molecule has 0 aromatic heterocycles. The Bertz CT molecular complexity index is 1960. The van der Waals surface area contributed by atoms with Gasteiger partial charge in [0.05, 0.1) is 23.9 Å². The number of anilines is 2. The van der Waals surface area contributed by atoms with Crippen LogP contribution in [-0.2, 0) is 20.4 Å². The van der Waals surface area contributed by atoms with E-state index in [2.05, 4.69) is 15.4 Å². The van der Waals surface area contributed by atoms with E-state index < -0.39 is 33.6 Å². The molecule has 4 aromatic rings. The third kappa shape index (κ3) is 5.29.